The maximum Gasteiger partial charge on any atom is 0.263 e. The van der Waals surface area contributed by atoms with Gasteiger partial charge in [-0.2, -0.15) is 0 Å². The second-order valence-corrected chi connectivity index (χ2v) is 8.26. The molecule has 2 aromatic rings. The smallest absolute Gasteiger partial charge is 0.263 e. The third kappa shape index (κ3) is 4.42. The summed E-state index contributed by atoms with van der Waals surface area (Å²) in [6, 6.07) is 5.93. The molecule has 1 N–H and O–H groups in total. The summed E-state index contributed by atoms with van der Waals surface area (Å²) in [6.07, 6.45) is 4.48. The van der Waals surface area contributed by atoms with Crippen LogP contribution in [0.15, 0.2) is 24.4 Å². The van der Waals surface area contributed by atoms with Crippen LogP contribution in [-0.2, 0) is 17.8 Å². The van der Waals surface area contributed by atoms with Crippen molar-refractivity contribution in [2.75, 3.05) is 19.6 Å². The number of rotatable bonds is 4. The number of aryl methyl sites for hydroxylation is 2. The Morgan fingerprint density at radius 3 is 2.93 bits per heavy atom. The van der Waals surface area contributed by atoms with Gasteiger partial charge in [0, 0.05) is 43.7 Å². The van der Waals surface area contributed by atoms with Gasteiger partial charge in [0.25, 0.3) is 5.91 Å². The minimum absolute atomic E-state index is 0.00874. The Morgan fingerprint density at radius 1 is 1.31 bits per heavy atom. The topological polar surface area (TPSA) is 67.3 Å². The van der Waals surface area contributed by atoms with E-state index in [1.165, 1.54) is 12.0 Å². The van der Waals surface area contributed by atoms with Gasteiger partial charge in [-0.25, -0.2) is 9.97 Å². The van der Waals surface area contributed by atoms with E-state index in [9.17, 15) is 4.79 Å². The van der Waals surface area contributed by atoms with Gasteiger partial charge >= 0.3 is 0 Å². The van der Waals surface area contributed by atoms with E-state index in [0.717, 1.165) is 54.3 Å². The highest BCUT2D eigenvalue weighted by Gasteiger charge is 2.28. The first kappa shape index (κ1) is 19.8. The quantitative estimate of drug-likeness (QED) is 0.864. The highest BCUT2D eigenvalue weighted by molar-refractivity contribution is 5.81. The number of piperidine rings is 1. The van der Waals surface area contributed by atoms with Gasteiger partial charge in [0.1, 0.15) is 11.6 Å². The summed E-state index contributed by atoms with van der Waals surface area (Å²) in [5.74, 6) is 2.09. The van der Waals surface area contributed by atoms with Gasteiger partial charge in [0.15, 0.2) is 6.10 Å². The zero-order valence-corrected chi connectivity index (χ0v) is 17.6. The van der Waals surface area contributed by atoms with E-state index in [2.05, 4.69) is 17.2 Å². The fourth-order valence-corrected chi connectivity index (χ4v) is 4.09. The molecule has 0 aliphatic carbocycles. The number of nitrogens with one attached hydrogen (secondary N) is 1. The van der Waals surface area contributed by atoms with Crippen molar-refractivity contribution in [3.8, 4) is 5.75 Å². The normalized spacial score (nSPS) is 20.1. The van der Waals surface area contributed by atoms with Gasteiger partial charge in [-0.15, -0.1) is 0 Å². The zero-order chi connectivity index (χ0) is 20.4. The van der Waals surface area contributed by atoms with Crippen molar-refractivity contribution in [2.24, 2.45) is 0 Å². The number of hydrogen-bond donors (Lipinski definition) is 1. The predicted molar refractivity (Wildman–Crippen MR) is 112 cm³/mol. The summed E-state index contributed by atoms with van der Waals surface area (Å²) in [7, 11) is 0. The SMILES string of the molecule is Cc1ccc(O[C@@H](C)C(=O)N2CCc3nc([C@H]4CCCNC4)ncc3C2)cc1C. The van der Waals surface area contributed by atoms with Crippen molar-refractivity contribution in [3.05, 3.63) is 52.6 Å². The molecule has 6 heteroatoms. The Balaban J connectivity index is 1.40. The number of carbonyl (C=O) groups is 1. The van der Waals surface area contributed by atoms with Gasteiger partial charge < -0.3 is 15.0 Å². The number of fused-ring (bicyclic) bond motifs is 1. The molecule has 3 heterocycles. The van der Waals surface area contributed by atoms with Crippen LogP contribution in [0.3, 0.4) is 0 Å². The van der Waals surface area contributed by atoms with Gasteiger partial charge in [-0.05, 0) is 63.4 Å². The Bertz CT molecular complexity index is 892. The molecule has 2 aliphatic rings. The van der Waals surface area contributed by atoms with E-state index in [4.69, 9.17) is 9.72 Å². The van der Waals surface area contributed by atoms with Gasteiger partial charge in [0.2, 0.25) is 0 Å². The number of ether oxygens (including phenoxy) is 1. The van der Waals surface area contributed by atoms with E-state index >= 15 is 0 Å². The summed E-state index contributed by atoms with van der Waals surface area (Å²) in [4.78, 5) is 24.3. The average molecular weight is 395 g/mol. The second-order valence-electron chi connectivity index (χ2n) is 8.26. The molecule has 0 saturated carbocycles. The Hall–Kier alpha value is -2.47. The highest BCUT2D eigenvalue weighted by atomic mass is 16.5. The molecule has 0 bridgehead atoms. The number of amides is 1. The monoisotopic (exact) mass is 394 g/mol. The lowest BCUT2D eigenvalue weighted by Crippen LogP contribution is -2.43. The first-order valence-corrected chi connectivity index (χ1v) is 10.6. The molecule has 154 valence electrons. The highest BCUT2D eigenvalue weighted by Crippen LogP contribution is 2.24. The first-order chi connectivity index (χ1) is 14.0. The maximum absolute atomic E-state index is 12.9. The van der Waals surface area contributed by atoms with Crippen molar-refractivity contribution in [1.29, 1.82) is 0 Å². The van der Waals surface area contributed by atoms with Crippen LogP contribution in [0.5, 0.6) is 5.75 Å². The lowest BCUT2D eigenvalue weighted by molar-refractivity contribution is -0.138. The minimum atomic E-state index is -0.521. The molecule has 1 aromatic carbocycles. The van der Waals surface area contributed by atoms with E-state index in [0.29, 0.717) is 19.0 Å². The predicted octanol–water partition coefficient (Wildman–Crippen LogP) is 2.91. The molecule has 0 radical (unpaired) electrons. The number of benzene rings is 1. The van der Waals surface area contributed by atoms with E-state index < -0.39 is 6.10 Å². The largest absolute Gasteiger partial charge is 0.481 e. The van der Waals surface area contributed by atoms with E-state index in [1.807, 2.05) is 43.1 Å². The molecule has 0 unspecified atom stereocenters. The van der Waals surface area contributed by atoms with Gasteiger partial charge in [-0.3, -0.25) is 4.79 Å². The van der Waals surface area contributed by atoms with E-state index in [1.54, 1.807) is 0 Å². The molecule has 1 saturated heterocycles. The summed E-state index contributed by atoms with van der Waals surface area (Å²) in [6.45, 7) is 9.20. The third-order valence-electron chi connectivity index (χ3n) is 6.07. The second kappa shape index (κ2) is 8.49. The van der Waals surface area contributed by atoms with Crippen molar-refractivity contribution in [3.63, 3.8) is 0 Å². The van der Waals surface area contributed by atoms with Crippen molar-refractivity contribution < 1.29 is 9.53 Å². The van der Waals surface area contributed by atoms with E-state index in [-0.39, 0.29) is 5.91 Å². The Kier molecular flexibility index (Phi) is 5.81. The van der Waals surface area contributed by atoms with Gasteiger partial charge in [0.05, 0.1) is 5.69 Å². The molecule has 6 nitrogen and oxygen atoms in total. The van der Waals surface area contributed by atoms with Crippen LogP contribution < -0.4 is 10.1 Å². The molecular weight excluding hydrogens is 364 g/mol. The van der Waals surface area contributed by atoms with Crippen LogP contribution in [0.2, 0.25) is 0 Å². The molecule has 2 aliphatic heterocycles. The van der Waals surface area contributed by atoms with Crippen molar-refractivity contribution in [2.45, 2.75) is 58.6 Å². The van der Waals surface area contributed by atoms with Crippen LogP contribution in [0, 0.1) is 13.8 Å². The molecule has 4 rings (SSSR count). The summed E-state index contributed by atoms with van der Waals surface area (Å²) in [5.41, 5.74) is 4.52. The fraction of sp³-hybridized carbons (Fsp3) is 0.522. The minimum Gasteiger partial charge on any atom is -0.481 e. The van der Waals surface area contributed by atoms with Crippen molar-refractivity contribution >= 4 is 5.91 Å². The number of aromatic nitrogens is 2. The summed E-state index contributed by atoms with van der Waals surface area (Å²) < 4.78 is 5.92. The Morgan fingerprint density at radius 2 is 2.17 bits per heavy atom. The first-order valence-electron chi connectivity index (χ1n) is 10.6. The van der Waals surface area contributed by atoms with Gasteiger partial charge in [-0.1, -0.05) is 6.07 Å². The molecule has 29 heavy (non-hydrogen) atoms. The van der Waals surface area contributed by atoms with Crippen LogP contribution in [0.4, 0.5) is 0 Å². The lowest BCUT2D eigenvalue weighted by atomic mass is 9.98. The van der Waals surface area contributed by atoms with Crippen molar-refractivity contribution in [1.82, 2.24) is 20.2 Å². The molecule has 1 fully saturated rings. The summed E-state index contributed by atoms with van der Waals surface area (Å²) in [5, 5.41) is 3.43. The molecule has 0 spiro atoms. The number of nitrogens with zero attached hydrogens (tertiary/aromatic N) is 3. The van der Waals surface area contributed by atoms with Crippen LogP contribution in [0.25, 0.3) is 0 Å². The average Bonchev–Trinajstić information content (AvgIpc) is 2.75. The summed E-state index contributed by atoms with van der Waals surface area (Å²) >= 11 is 0. The molecule has 1 amide bonds. The lowest BCUT2D eigenvalue weighted by Gasteiger charge is -2.31. The van der Waals surface area contributed by atoms with Crippen LogP contribution >= 0.6 is 0 Å². The molecule has 2 atom stereocenters. The number of hydrogen-bond acceptors (Lipinski definition) is 5. The molecule has 1 aromatic heterocycles. The zero-order valence-electron chi connectivity index (χ0n) is 17.6. The van der Waals surface area contributed by atoms with Crippen LogP contribution in [0.1, 0.15) is 53.9 Å². The van der Waals surface area contributed by atoms with Crippen LogP contribution in [-0.4, -0.2) is 46.5 Å². The number of carbonyl (C=O) groups excluding carboxylic acids is 1. The maximum atomic E-state index is 12.9. The standard InChI is InChI=1S/C23H30N4O2/c1-15-6-7-20(11-16(15)2)29-17(3)23(28)27-10-8-21-19(14-27)13-25-22(26-21)18-5-4-9-24-12-18/h6-7,11,13,17-18,24H,4-5,8-10,12,14H2,1-3H3/t17-,18-/m0/s1. The molecular formula is C23H30N4O2. The third-order valence-corrected chi connectivity index (χ3v) is 6.07. The fourth-order valence-electron chi connectivity index (χ4n) is 4.09. The Labute approximate surface area is 172 Å².